The summed E-state index contributed by atoms with van der Waals surface area (Å²) in [4.78, 5) is 3.00. The Morgan fingerprint density at radius 2 is 2.31 bits per heavy atom. The lowest BCUT2D eigenvalue weighted by molar-refractivity contribution is -0.0570. The molecule has 0 aromatic carbocycles. The summed E-state index contributed by atoms with van der Waals surface area (Å²) < 4.78 is 5.43. The van der Waals surface area contributed by atoms with Crippen LogP contribution in [0.15, 0.2) is 0 Å². The molecule has 1 aliphatic carbocycles. The average Bonchev–Trinajstić information content (AvgIpc) is 2.97. The molecule has 16 heavy (non-hydrogen) atoms. The minimum Gasteiger partial charge on any atom is -0.394 e. The average molecular weight is 244 g/mol. The van der Waals surface area contributed by atoms with Crippen LogP contribution in [0.3, 0.4) is 0 Å². The molecule has 1 saturated carbocycles. The lowest BCUT2D eigenvalue weighted by atomic mass is 10.0. The summed E-state index contributed by atoms with van der Waals surface area (Å²) in [5, 5.41) is 9.08. The highest BCUT2D eigenvalue weighted by atomic mass is 32.1. The first-order valence-corrected chi connectivity index (χ1v) is 6.27. The Bertz CT molecular complexity index is 269. The predicted molar refractivity (Wildman–Crippen MR) is 66.3 cm³/mol. The summed E-state index contributed by atoms with van der Waals surface area (Å²) in [6, 6.07) is 0. The molecule has 0 aromatic rings. The molecule has 92 valence electrons. The Kier molecular flexibility index (Phi) is 3.79. The third-order valence-electron chi connectivity index (χ3n) is 3.49. The van der Waals surface area contributed by atoms with Crippen LogP contribution in [0, 0.1) is 5.41 Å². The number of rotatable bonds is 5. The van der Waals surface area contributed by atoms with E-state index in [9.17, 15) is 0 Å². The van der Waals surface area contributed by atoms with Gasteiger partial charge in [0.2, 0.25) is 0 Å². The zero-order valence-electron chi connectivity index (χ0n) is 9.52. The number of hydrogen-bond acceptors (Lipinski definition) is 4. The first kappa shape index (κ1) is 12.2. The number of nitrogens with zero attached hydrogens (tertiary/aromatic N) is 1. The Morgan fingerprint density at radius 3 is 2.88 bits per heavy atom. The fourth-order valence-electron chi connectivity index (χ4n) is 2.45. The van der Waals surface area contributed by atoms with Gasteiger partial charge in [-0.15, -0.1) is 0 Å². The Labute approximate surface area is 102 Å². The molecule has 1 unspecified atom stereocenters. The molecule has 5 heteroatoms. The van der Waals surface area contributed by atoms with Gasteiger partial charge in [0, 0.05) is 26.1 Å². The van der Waals surface area contributed by atoms with E-state index in [2.05, 4.69) is 4.90 Å². The maximum Gasteiger partial charge on any atom is 0.0932 e. The summed E-state index contributed by atoms with van der Waals surface area (Å²) in [6.45, 7) is 3.66. The number of nitrogens with two attached hydrogens (primary N) is 1. The van der Waals surface area contributed by atoms with Gasteiger partial charge in [-0.3, -0.25) is 4.90 Å². The maximum absolute atomic E-state index is 9.08. The second-order valence-corrected chi connectivity index (χ2v) is 5.58. The van der Waals surface area contributed by atoms with Gasteiger partial charge in [0.1, 0.15) is 0 Å². The molecule has 0 bridgehead atoms. The number of aliphatic hydroxyl groups is 1. The van der Waals surface area contributed by atoms with Gasteiger partial charge in [0.25, 0.3) is 0 Å². The van der Waals surface area contributed by atoms with Crippen LogP contribution >= 0.6 is 12.2 Å². The van der Waals surface area contributed by atoms with Gasteiger partial charge in [0.05, 0.1) is 24.3 Å². The van der Waals surface area contributed by atoms with E-state index in [-0.39, 0.29) is 12.7 Å². The zero-order valence-corrected chi connectivity index (χ0v) is 10.3. The van der Waals surface area contributed by atoms with Gasteiger partial charge in [0.15, 0.2) is 0 Å². The zero-order chi connectivity index (χ0) is 11.6. The monoisotopic (exact) mass is 244 g/mol. The lowest BCUT2D eigenvalue weighted by Crippen LogP contribution is -2.46. The molecule has 0 radical (unpaired) electrons. The van der Waals surface area contributed by atoms with Crippen LogP contribution in [-0.2, 0) is 4.74 Å². The topological polar surface area (TPSA) is 58.7 Å². The van der Waals surface area contributed by atoms with E-state index in [1.807, 2.05) is 0 Å². The summed E-state index contributed by atoms with van der Waals surface area (Å²) in [6.07, 6.45) is 3.30. The molecule has 1 saturated heterocycles. The SMILES string of the molecule is NC(=S)CC1(CN2CCOC(CO)C2)CC1. The van der Waals surface area contributed by atoms with Gasteiger partial charge in [-0.1, -0.05) is 12.2 Å². The Balaban J connectivity index is 1.82. The molecule has 0 spiro atoms. The van der Waals surface area contributed by atoms with Crippen molar-refractivity contribution in [2.24, 2.45) is 11.1 Å². The summed E-state index contributed by atoms with van der Waals surface area (Å²) >= 11 is 4.99. The van der Waals surface area contributed by atoms with Crippen LogP contribution in [0.5, 0.6) is 0 Å². The van der Waals surface area contributed by atoms with Crippen molar-refractivity contribution in [1.82, 2.24) is 4.90 Å². The molecular formula is C11H20N2O2S. The Morgan fingerprint density at radius 1 is 1.56 bits per heavy atom. The van der Waals surface area contributed by atoms with E-state index in [0.29, 0.717) is 17.0 Å². The molecule has 0 aromatic heterocycles. The predicted octanol–water partition coefficient (Wildman–Crippen LogP) is 0.136. The lowest BCUT2D eigenvalue weighted by Gasteiger charge is -2.34. The second-order valence-electron chi connectivity index (χ2n) is 5.05. The molecule has 2 fully saturated rings. The highest BCUT2D eigenvalue weighted by Gasteiger charge is 2.44. The molecule has 2 aliphatic rings. The third-order valence-corrected chi connectivity index (χ3v) is 3.64. The van der Waals surface area contributed by atoms with Crippen molar-refractivity contribution in [2.75, 3.05) is 32.8 Å². The smallest absolute Gasteiger partial charge is 0.0932 e. The molecule has 1 heterocycles. The van der Waals surface area contributed by atoms with Gasteiger partial charge in [-0.25, -0.2) is 0 Å². The minimum atomic E-state index is -0.0191. The maximum atomic E-state index is 9.08. The second kappa shape index (κ2) is 4.96. The summed E-state index contributed by atoms with van der Waals surface area (Å²) in [7, 11) is 0. The van der Waals surface area contributed by atoms with E-state index in [1.54, 1.807) is 0 Å². The molecular weight excluding hydrogens is 224 g/mol. The number of hydrogen-bond donors (Lipinski definition) is 2. The number of ether oxygens (including phenoxy) is 1. The molecule has 2 rings (SSSR count). The number of aliphatic hydroxyl groups excluding tert-OH is 1. The summed E-state index contributed by atoms with van der Waals surface area (Å²) in [5.41, 5.74) is 5.96. The molecule has 1 atom stereocenters. The van der Waals surface area contributed by atoms with Crippen molar-refractivity contribution in [1.29, 1.82) is 0 Å². The van der Waals surface area contributed by atoms with Gasteiger partial charge in [-0.2, -0.15) is 0 Å². The number of morpholine rings is 1. The largest absolute Gasteiger partial charge is 0.394 e. The highest BCUT2D eigenvalue weighted by Crippen LogP contribution is 2.49. The van der Waals surface area contributed by atoms with Gasteiger partial charge >= 0.3 is 0 Å². The van der Waals surface area contributed by atoms with Crippen molar-refractivity contribution in [3.05, 3.63) is 0 Å². The van der Waals surface area contributed by atoms with Crippen molar-refractivity contribution < 1.29 is 9.84 Å². The number of thiocarbonyl (C=S) groups is 1. The van der Waals surface area contributed by atoms with Gasteiger partial charge in [-0.05, 0) is 18.3 Å². The van der Waals surface area contributed by atoms with Crippen LogP contribution in [-0.4, -0.2) is 53.9 Å². The minimum absolute atomic E-state index is 0.0191. The summed E-state index contributed by atoms with van der Waals surface area (Å²) in [5.74, 6) is 0. The fraction of sp³-hybridized carbons (Fsp3) is 0.909. The van der Waals surface area contributed by atoms with Crippen LogP contribution < -0.4 is 5.73 Å². The molecule has 0 amide bonds. The van der Waals surface area contributed by atoms with Crippen LogP contribution in [0.25, 0.3) is 0 Å². The quantitative estimate of drug-likeness (QED) is 0.674. The normalized spacial score (nSPS) is 28.9. The van der Waals surface area contributed by atoms with Crippen LogP contribution in [0.2, 0.25) is 0 Å². The first-order chi connectivity index (χ1) is 7.63. The van der Waals surface area contributed by atoms with E-state index >= 15 is 0 Å². The fourth-order valence-corrected chi connectivity index (χ4v) is 2.75. The highest BCUT2D eigenvalue weighted by molar-refractivity contribution is 7.80. The third kappa shape index (κ3) is 3.13. The molecule has 1 aliphatic heterocycles. The van der Waals surface area contributed by atoms with Gasteiger partial charge < -0.3 is 15.6 Å². The van der Waals surface area contributed by atoms with E-state index in [4.69, 9.17) is 27.8 Å². The van der Waals surface area contributed by atoms with E-state index in [1.165, 1.54) is 12.8 Å². The van der Waals surface area contributed by atoms with E-state index in [0.717, 1.165) is 26.1 Å². The van der Waals surface area contributed by atoms with Crippen molar-refractivity contribution in [2.45, 2.75) is 25.4 Å². The van der Waals surface area contributed by atoms with Crippen molar-refractivity contribution in [3.8, 4) is 0 Å². The standard InChI is InChI=1S/C11H20N2O2S/c12-10(16)5-11(1-2-11)8-13-3-4-15-9(6-13)7-14/h9,14H,1-8H2,(H2,12,16). The molecule has 3 N–H and O–H groups in total. The Hall–Kier alpha value is -0.230. The van der Waals surface area contributed by atoms with Crippen LogP contribution in [0.1, 0.15) is 19.3 Å². The van der Waals surface area contributed by atoms with E-state index < -0.39 is 0 Å². The van der Waals surface area contributed by atoms with Crippen molar-refractivity contribution >= 4 is 17.2 Å². The molecule has 4 nitrogen and oxygen atoms in total. The first-order valence-electron chi connectivity index (χ1n) is 5.87. The van der Waals surface area contributed by atoms with Crippen molar-refractivity contribution in [3.63, 3.8) is 0 Å². The van der Waals surface area contributed by atoms with Crippen LogP contribution in [0.4, 0.5) is 0 Å².